The van der Waals surface area contributed by atoms with Gasteiger partial charge in [-0.15, -0.1) is 10.2 Å². The first-order valence-electron chi connectivity index (χ1n) is 6.06. The van der Waals surface area contributed by atoms with Crippen LogP contribution in [-0.2, 0) is 6.18 Å². The van der Waals surface area contributed by atoms with Crippen LogP contribution in [0.2, 0.25) is 0 Å². The molecule has 3 aromatic rings. The number of halogens is 3. The van der Waals surface area contributed by atoms with Crippen molar-refractivity contribution in [2.45, 2.75) is 6.18 Å². The molecule has 112 valence electrons. The summed E-state index contributed by atoms with van der Waals surface area (Å²) in [6, 6.07) is 5.50. The topological polar surface area (TPSA) is 76.7 Å². The van der Waals surface area contributed by atoms with E-state index in [1.165, 1.54) is 12.3 Å². The molecule has 9 heteroatoms. The molecule has 0 aliphatic carbocycles. The second kappa shape index (κ2) is 5.43. The van der Waals surface area contributed by atoms with E-state index in [2.05, 4.69) is 25.5 Å². The quantitative estimate of drug-likeness (QED) is 0.800. The molecule has 0 bridgehead atoms. The Bertz CT molecular complexity index is 756. The molecule has 0 radical (unpaired) electrons. The molecule has 1 N–H and O–H groups in total. The third-order valence-electron chi connectivity index (χ3n) is 2.72. The van der Waals surface area contributed by atoms with Crippen LogP contribution in [-0.4, -0.2) is 20.2 Å². The Hall–Kier alpha value is -2.97. The van der Waals surface area contributed by atoms with Gasteiger partial charge in [-0.2, -0.15) is 13.2 Å². The molecule has 6 nitrogen and oxygen atoms in total. The predicted molar refractivity (Wildman–Crippen MR) is 70.1 cm³/mol. The van der Waals surface area contributed by atoms with E-state index in [-0.39, 0.29) is 11.7 Å². The van der Waals surface area contributed by atoms with Crippen molar-refractivity contribution in [3.8, 4) is 11.6 Å². The molecule has 0 fully saturated rings. The highest BCUT2D eigenvalue weighted by Gasteiger charge is 2.30. The smallest absolute Gasteiger partial charge is 0.417 e. The van der Waals surface area contributed by atoms with Crippen LogP contribution in [0.3, 0.4) is 0 Å². The molecule has 0 unspecified atom stereocenters. The van der Waals surface area contributed by atoms with E-state index in [9.17, 15) is 13.2 Å². The summed E-state index contributed by atoms with van der Waals surface area (Å²) in [5.74, 6) is 0.428. The molecular weight excluding hydrogens is 299 g/mol. The normalized spacial score (nSPS) is 11.4. The Kier molecular flexibility index (Phi) is 3.45. The fourth-order valence-electron chi connectivity index (χ4n) is 1.73. The van der Waals surface area contributed by atoms with Crippen LogP contribution in [0.15, 0.2) is 47.5 Å². The van der Waals surface area contributed by atoms with Crippen molar-refractivity contribution in [2.24, 2.45) is 0 Å². The van der Waals surface area contributed by atoms with Crippen LogP contribution in [0.4, 0.5) is 24.7 Å². The lowest BCUT2D eigenvalue weighted by Crippen LogP contribution is -2.06. The van der Waals surface area contributed by atoms with Gasteiger partial charge in [-0.1, -0.05) is 0 Å². The summed E-state index contributed by atoms with van der Waals surface area (Å²) < 4.78 is 42.6. The average Bonchev–Trinajstić information content (AvgIpc) is 3.01. The molecule has 0 atom stereocenters. The lowest BCUT2D eigenvalue weighted by atomic mass is 10.2. The lowest BCUT2D eigenvalue weighted by molar-refractivity contribution is -0.137. The minimum Gasteiger partial charge on any atom is -0.422 e. The van der Waals surface area contributed by atoms with E-state index in [0.29, 0.717) is 11.4 Å². The largest absolute Gasteiger partial charge is 0.422 e. The lowest BCUT2D eigenvalue weighted by Gasteiger charge is -2.10. The minimum absolute atomic E-state index is 0.190. The van der Waals surface area contributed by atoms with Crippen molar-refractivity contribution >= 4 is 11.5 Å². The number of anilines is 2. The van der Waals surface area contributed by atoms with Gasteiger partial charge in [0.15, 0.2) is 5.69 Å². The summed E-state index contributed by atoms with van der Waals surface area (Å²) >= 11 is 0. The van der Waals surface area contributed by atoms with Crippen molar-refractivity contribution in [3.63, 3.8) is 0 Å². The van der Waals surface area contributed by atoms with Gasteiger partial charge in [-0.3, -0.25) is 0 Å². The fraction of sp³-hybridized carbons (Fsp3) is 0.0769. The van der Waals surface area contributed by atoms with Crippen LogP contribution in [0.1, 0.15) is 5.56 Å². The first kappa shape index (κ1) is 14.0. The maximum atomic E-state index is 12.5. The van der Waals surface area contributed by atoms with E-state index in [1.54, 1.807) is 12.1 Å². The predicted octanol–water partition coefficient (Wildman–Crippen LogP) is 3.29. The summed E-state index contributed by atoms with van der Waals surface area (Å²) in [6.45, 7) is 0. The van der Waals surface area contributed by atoms with Gasteiger partial charge in [0.05, 0.1) is 11.3 Å². The molecule has 0 aliphatic heterocycles. The van der Waals surface area contributed by atoms with Gasteiger partial charge in [0, 0.05) is 12.4 Å². The molecule has 22 heavy (non-hydrogen) atoms. The molecule has 0 aliphatic rings. The van der Waals surface area contributed by atoms with E-state index < -0.39 is 11.7 Å². The SMILES string of the molecule is FC(F)(F)c1ccc(Nc2cccnc2-c2nnco2)nc1. The number of aromatic nitrogens is 4. The van der Waals surface area contributed by atoms with Gasteiger partial charge >= 0.3 is 6.18 Å². The van der Waals surface area contributed by atoms with E-state index >= 15 is 0 Å². The highest BCUT2D eigenvalue weighted by atomic mass is 19.4. The van der Waals surface area contributed by atoms with Crippen molar-refractivity contribution < 1.29 is 17.6 Å². The maximum absolute atomic E-state index is 12.5. The molecule has 0 amide bonds. The standard InChI is InChI=1S/C13H8F3N5O/c14-13(15,16)8-3-4-10(18-6-8)20-9-2-1-5-17-11(9)12-21-19-7-22-12/h1-7H,(H,18,20). The second-order valence-corrected chi connectivity index (χ2v) is 4.20. The van der Waals surface area contributed by atoms with Crippen molar-refractivity contribution in [1.82, 2.24) is 20.2 Å². The van der Waals surface area contributed by atoms with E-state index in [4.69, 9.17) is 4.42 Å². The van der Waals surface area contributed by atoms with E-state index in [0.717, 1.165) is 18.7 Å². The zero-order valence-electron chi connectivity index (χ0n) is 10.9. The fourth-order valence-corrected chi connectivity index (χ4v) is 1.73. The van der Waals surface area contributed by atoms with Crippen LogP contribution in [0, 0.1) is 0 Å². The van der Waals surface area contributed by atoms with E-state index in [1.807, 2.05) is 0 Å². The molecule has 0 spiro atoms. The number of nitrogens with zero attached hydrogens (tertiary/aromatic N) is 4. The average molecular weight is 307 g/mol. The maximum Gasteiger partial charge on any atom is 0.417 e. The van der Waals surface area contributed by atoms with Crippen molar-refractivity contribution in [1.29, 1.82) is 0 Å². The Labute approximate surface area is 122 Å². The second-order valence-electron chi connectivity index (χ2n) is 4.20. The van der Waals surface area contributed by atoms with Gasteiger partial charge < -0.3 is 9.73 Å². The number of rotatable bonds is 3. The van der Waals surface area contributed by atoms with Gasteiger partial charge in [0.1, 0.15) is 5.82 Å². The van der Waals surface area contributed by atoms with Crippen LogP contribution < -0.4 is 5.32 Å². The highest BCUT2D eigenvalue weighted by Crippen LogP contribution is 2.30. The highest BCUT2D eigenvalue weighted by molar-refractivity contribution is 5.72. The summed E-state index contributed by atoms with van der Waals surface area (Å²) in [7, 11) is 0. The number of nitrogens with one attached hydrogen (secondary N) is 1. The monoisotopic (exact) mass is 307 g/mol. The molecule has 0 saturated heterocycles. The molecule has 3 rings (SSSR count). The number of hydrogen-bond acceptors (Lipinski definition) is 6. The minimum atomic E-state index is -4.42. The number of alkyl halides is 3. The Balaban J connectivity index is 1.88. The van der Waals surface area contributed by atoms with Gasteiger partial charge in [-0.05, 0) is 24.3 Å². The van der Waals surface area contributed by atoms with Gasteiger partial charge in [-0.25, -0.2) is 9.97 Å². The van der Waals surface area contributed by atoms with Gasteiger partial charge in [0.2, 0.25) is 6.39 Å². The summed E-state index contributed by atoms with van der Waals surface area (Å²) in [4.78, 5) is 7.84. The van der Waals surface area contributed by atoms with Gasteiger partial charge in [0.25, 0.3) is 5.89 Å². The molecule has 3 aromatic heterocycles. The third-order valence-corrected chi connectivity index (χ3v) is 2.72. The van der Waals surface area contributed by atoms with Crippen molar-refractivity contribution in [3.05, 3.63) is 48.6 Å². The van der Waals surface area contributed by atoms with Crippen molar-refractivity contribution in [2.75, 3.05) is 5.32 Å². The summed E-state index contributed by atoms with van der Waals surface area (Å²) in [5, 5.41) is 10.2. The summed E-state index contributed by atoms with van der Waals surface area (Å²) in [6.07, 6.45) is -0.977. The molecular formula is C13H8F3N5O. The van der Waals surface area contributed by atoms with Crippen LogP contribution in [0.25, 0.3) is 11.6 Å². The first-order chi connectivity index (χ1) is 10.5. The zero-order valence-corrected chi connectivity index (χ0v) is 10.9. The first-order valence-corrected chi connectivity index (χ1v) is 6.06. The zero-order chi connectivity index (χ0) is 15.6. The van der Waals surface area contributed by atoms with Crippen LogP contribution >= 0.6 is 0 Å². The molecule has 3 heterocycles. The van der Waals surface area contributed by atoms with Crippen LogP contribution in [0.5, 0.6) is 0 Å². The molecule has 0 saturated carbocycles. The summed E-state index contributed by atoms with van der Waals surface area (Å²) in [5.41, 5.74) is 0.0436. The Morgan fingerprint density at radius 2 is 1.95 bits per heavy atom. The number of pyridine rings is 2. The molecule has 0 aromatic carbocycles. The number of hydrogen-bond donors (Lipinski definition) is 1. The third kappa shape index (κ3) is 2.87. The Morgan fingerprint density at radius 1 is 1.09 bits per heavy atom. The Morgan fingerprint density at radius 3 is 2.59 bits per heavy atom.